The summed E-state index contributed by atoms with van der Waals surface area (Å²) in [6.07, 6.45) is 10.0. The molecule has 4 aliphatic carbocycles. The molecule has 0 saturated heterocycles. The van der Waals surface area contributed by atoms with E-state index in [0.29, 0.717) is 0 Å². The molecule has 0 aromatic rings. The van der Waals surface area contributed by atoms with Crippen molar-refractivity contribution in [1.29, 1.82) is 0 Å². The topological polar surface area (TPSA) is 20.3 Å². The zero-order valence-corrected chi connectivity index (χ0v) is 11.9. The number of allylic oxidation sites excluding steroid dienone is 1. The van der Waals surface area contributed by atoms with Crippen LogP contribution in [-0.4, -0.2) is 23.4 Å². The highest BCUT2D eigenvalue weighted by molar-refractivity contribution is 5.93. The maximum absolute atomic E-state index is 12.4. The Morgan fingerprint density at radius 2 is 1.56 bits per heavy atom. The molecule has 0 aromatic carbocycles. The van der Waals surface area contributed by atoms with E-state index in [4.69, 9.17) is 0 Å². The molecule has 1 amide bonds. The molecule has 0 radical (unpaired) electrons. The zero-order chi connectivity index (χ0) is 12.9. The summed E-state index contributed by atoms with van der Waals surface area (Å²) in [5, 5.41) is 0. The maximum Gasteiger partial charge on any atom is 0.249 e. The van der Waals surface area contributed by atoms with Gasteiger partial charge >= 0.3 is 0 Å². The molecule has 0 aliphatic heterocycles. The van der Waals surface area contributed by atoms with Gasteiger partial charge in [0.15, 0.2) is 0 Å². The van der Waals surface area contributed by atoms with Crippen LogP contribution in [0.4, 0.5) is 0 Å². The maximum atomic E-state index is 12.4. The molecular formula is C16H25NO. The standard InChI is InChI=1S/C16H25NO/c1-4-11(2)15(18)17(3)16-8-12-5-13(9-16)7-14(6-12)10-16/h4,12-14H,5-10H2,1-3H3. The van der Waals surface area contributed by atoms with E-state index in [1.807, 2.05) is 27.0 Å². The summed E-state index contributed by atoms with van der Waals surface area (Å²) >= 11 is 0. The number of carbonyl (C=O) groups is 1. The van der Waals surface area contributed by atoms with Gasteiger partial charge in [-0.1, -0.05) is 6.08 Å². The van der Waals surface area contributed by atoms with Crippen LogP contribution >= 0.6 is 0 Å². The minimum Gasteiger partial charge on any atom is -0.336 e. The van der Waals surface area contributed by atoms with E-state index >= 15 is 0 Å². The molecule has 2 nitrogen and oxygen atoms in total. The molecule has 4 fully saturated rings. The fraction of sp³-hybridized carbons (Fsp3) is 0.812. The van der Waals surface area contributed by atoms with Gasteiger partial charge in [0.05, 0.1) is 0 Å². The van der Waals surface area contributed by atoms with Crippen molar-refractivity contribution in [2.75, 3.05) is 7.05 Å². The first kappa shape index (κ1) is 12.3. The van der Waals surface area contributed by atoms with Crippen molar-refractivity contribution in [1.82, 2.24) is 4.90 Å². The van der Waals surface area contributed by atoms with Gasteiger partial charge in [-0.2, -0.15) is 0 Å². The lowest BCUT2D eigenvalue weighted by Crippen LogP contribution is -2.60. The van der Waals surface area contributed by atoms with E-state index in [2.05, 4.69) is 4.90 Å². The second kappa shape index (κ2) is 4.11. The molecule has 0 heterocycles. The van der Waals surface area contributed by atoms with Crippen LogP contribution in [0.1, 0.15) is 52.4 Å². The SMILES string of the molecule is CC=C(C)C(=O)N(C)C12CC3CC(CC(C3)C1)C2. The van der Waals surface area contributed by atoms with Gasteiger partial charge in [0.1, 0.15) is 0 Å². The molecule has 4 rings (SSSR count). The molecule has 0 spiro atoms. The van der Waals surface area contributed by atoms with Gasteiger partial charge in [-0.3, -0.25) is 4.79 Å². The Kier molecular flexibility index (Phi) is 2.80. The second-order valence-electron chi connectivity index (χ2n) is 6.98. The number of rotatable bonds is 2. The van der Waals surface area contributed by atoms with E-state index in [-0.39, 0.29) is 11.4 Å². The van der Waals surface area contributed by atoms with Crippen LogP contribution in [0.15, 0.2) is 11.6 Å². The van der Waals surface area contributed by atoms with Gasteiger partial charge in [-0.15, -0.1) is 0 Å². The normalized spacial score (nSPS) is 42.2. The van der Waals surface area contributed by atoms with Crippen molar-refractivity contribution in [3.8, 4) is 0 Å². The third kappa shape index (κ3) is 1.72. The molecule has 0 unspecified atom stereocenters. The minimum atomic E-state index is 0.204. The first-order valence-electron chi connectivity index (χ1n) is 7.45. The quantitative estimate of drug-likeness (QED) is 0.685. The fourth-order valence-electron chi connectivity index (χ4n) is 5.08. The number of amides is 1. The Labute approximate surface area is 110 Å². The summed E-state index contributed by atoms with van der Waals surface area (Å²) in [6.45, 7) is 3.90. The van der Waals surface area contributed by atoms with Crippen LogP contribution in [0.25, 0.3) is 0 Å². The Morgan fingerprint density at radius 3 is 1.94 bits per heavy atom. The van der Waals surface area contributed by atoms with E-state index in [1.165, 1.54) is 38.5 Å². The smallest absolute Gasteiger partial charge is 0.249 e. The highest BCUT2D eigenvalue weighted by atomic mass is 16.2. The van der Waals surface area contributed by atoms with E-state index < -0.39 is 0 Å². The Balaban J connectivity index is 1.85. The molecule has 4 saturated carbocycles. The van der Waals surface area contributed by atoms with Crippen molar-refractivity contribution in [3.63, 3.8) is 0 Å². The summed E-state index contributed by atoms with van der Waals surface area (Å²) in [5.41, 5.74) is 1.10. The van der Waals surface area contributed by atoms with Crippen LogP contribution in [0.2, 0.25) is 0 Å². The van der Waals surface area contributed by atoms with Crippen LogP contribution in [0.5, 0.6) is 0 Å². The van der Waals surface area contributed by atoms with E-state index in [0.717, 1.165) is 23.3 Å². The first-order valence-corrected chi connectivity index (χ1v) is 7.45. The Bertz CT molecular complexity index is 361. The molecule has 4 aliphatic rings. The van der Waals surface area contributed by atoms with Crippen LogP contribution < -0.4 is 0 Å². The lowest BCUT2D eigenvalue weighted by Gasteiger charge is -2.59. The average molecular weight is 247 g/mol. The van der Waals surface area contributed by atoms with Crippen molar-refractivity contribution in [2.45, 2.75) is 57.9 Å². The van der Waals surface area contributed by atoms with Crippen molar-refractivity contribution < 1.29 is 4.79 Å². The van der Waals surface area contributed by atoms with Gasteiger partial charge in [0.25, 0.3) is 0 Å². The molecule has 2 heteroatoms. The predicted octanol–water partition coefficient (Wildman–Crippen LogP) is 3.38. The third-order valence-electron chi connectivity index (χ3n) is 5.79. The van der Waals surface area contributed by atoms with Crippen molar-refractivity contribution in [2.24, 2.45) is 17.8 Å². The lowest BCUT2D eigenvalue weighted by atomic mass is 9.52. The summed E-state index contributed by atoms with van der Waals surface area (Å²) in [4.78, 5) is 14.6. The summed E-state index contributed by atoms with van der Waals surface area (Å²) in [6, 6.07) is 0. The van der Waals surface area contributed by atoms with Gasteiger partial charge in [0, 0.05) is 18.2 Å². The number of nitrogens with zero attached hydrogens (tertiary/aromatic N) is 1. The third-order valence-corrected chi connectivity index (χ3v) is 5.79. The first-order chi connectivity index (χ1) is 8.54. The molecule has 0 N–H and O–H groups in total. The van der Waals surface area contributed by atoms with Gasteiger partial charge in [-0.25, -0.2) is 0 Å². The summed E-state index contributed by atoms with van der Waals surface area (Å²) < 4.78 is 0. The molecule has 18 heavy (non-hydrogen) atoms. The number of hydrogen-bond acceptors (Lipinski definition) is 1. The second-order valence-corrected chi connectivity index (χ2v) is 6.98. The molecule has 100 valence electrons. The zero-order valence-electron chi connectivity index (χ0n) is 11.9. The van der Waals surface area contributed by atoms with Gasteiger partial charge in [0.2, 0.25) is 5.91 Å². The van der Waals surface area contributed by atoms with Crippen molar-refractivity contribution >= 4 is 5.91 Å². The molecule has 0 aromatic heterocycles. The summed E-state index contributed by atoms with van der Waals surface area (Å²) in [7, 11) is 2.04. The number of likely N-dealkylation sites (N-methyl/N-ethyl adjacent to an activating group) is 1. The highest BCUT2D eigenvalue weighted by Gasteiger charge is 2.53. The fourth-order valence-corrected chi connectivity index (χ4v) is 5.08. The average Bonchev–Trinajstić information content (AvgIpc) is 2.34. The molecule has 4 bridgehead atoms. The van der Waals surface area contributed by atoms with E-state index in [9.17, 15) is 4.79 Å². The Morgan fingerprint density at radius 1 is 1.11 bits per heavy atom. The van der Waals surface area contributed by atoms with Gasteiger partial charge in [-0.05, 0) is 70.1 Å². The molecular weight excluding hydrogens is 222 g/mol. The predicted molar refractivity (Wildman–Crippen MR) is 73.1 cm³/mol. The van der Waals surface area contributed by atoms with E-state index in [1.54, 1.807) is 0 Å². The van der Waals surface area contributed by atoms with Crippen molar-refractivity contribution in [3.05, 3.63) is 11.6 Å². The largest absolute Gasteiger partial charge is 0.336 e. The monoisotopic (exact) mass is 247 g/mol. The minimum absolute atomic E-state index is 0.204. The van der Waals surface area contributed by atoms with Crippen LogP contribution in [0.3, 0.4) is 0 Å². The highest BCUT2D eigenvalue weighted by Crippen LogP contribution is 2.57. The van der Waals surface area contributed by atoms with Crippen LogP contribution in [0, 0.1) is 17.8 Å². The van der Waals surface area contributed by atoms with Crippen LogP contribution in [-0.2, 0) is 4.79 Å². The number of hydrogen-bond donors (Lipinski definition) is 0. The van der Waals surface area contributed by atoms with Gasteiger partial charge < -0.3 is 4.90 Å². The summed E-state index contributed by atoms with van der Waals surface area (Å²) in [5.74, 6) is 2.95. The lowest BCUT2D eigenvalue weighted by molar-refractivity contribution is -0.143. The molecule has 0 atom stereocenters. The number of carbonyl (C=O) groups excluding carboxylic acids is 1. The Hall–Kier alpha value is -0.790.